The van der Waals surface area contributed by atoms with Gasteiger partial charge in [-0.1, -0.05) is 30.3 Å². The number of pyridine rings is 1. The Labute approximate surface area is 242 Å². The molecule has 43 heavy (non-hydrogen) atoms. The van der Waals surface area contributed by atoms with Gasteiger partial charge in [0.15, 0.2) is 17.3 Å². The Bertz CT molecular complexity index is 1840. The van der Waals surface area contributed by atoms with Crippen LogP contribution in [0, 0.1) is 11.6 Å². The molecule has 1 amide bonds. The van der Waals surface area contributed by atoms with Crippen LogP contribution >= 0.6 is 0 Å². The first kappa shape index (κ1) is 26.7. The molecule has 0 saturated carbocycles. The first-order valence-corrected chi connectivity index (χ1v) is 13.3. The lowest BCUT2D eigenvalue weighted by molar-refractivity contribution is -0.0208. The third kappa shape index (κ3) is 4.07. The van der Waals surface area contributed by atoms with Crippen LogP contribution in [0.1, 0.15) is 27.7 Å². The van der Waals surface area contributed by atoms with Gasteiger partial charge in [-0.05, 0) is 23.3 Å². The lowest BCUT2D eigenvalue weighted by Gasteiger charge is -2.51. The number of furan rings is 1. The number of hydrogen-bond acceptors (Lipinski definition) is 9. The summed E-state index contributed by atoms with van der Waals surface area (Å²) in [7, 11) is 1.12. The number of fused-ring (bicyclic) bond motifs is 7. The van der Waals surface area contributed by atoms with Crippen molar-refractivity contribution < 1.29 is 41.7 Å². The summed E-state index contributed by atoms with van der Waals surface area (Å²) >= 11 is 0. The van der Waals surface area contributed by atoms with E-state index in [1.165, 1.54) is 34.2 Å². The quantitative estimate of drug-likeness (QED) is 0.257. The molecule has 0 bridgehead atoms. The van der Waals surface area contributed by atoms with Gasteiger partial charge in [0.1, 0.15) is 11.9 Å². The van der Waals surface area contributed by atoms with E-state index in [1.807, 2.05) is 24.3 Å². The molecule has 220 valence electrons. The maximum Gasteiger partial charge on any atom is 0.510 e. The molecule has 1 fully saturated rings. The molecule has 7 rings (SSSR count). The normalized spacial score (nSPS) is 18.4. The number of morpholine rings is 1. The summed E-state index contributed by atoms with van der Waals surface area (Å²) in [4.78, 5) is 40.0. The van der Waals surface area contributed by atoms with Gasteiger partial charge >= 0.3 is 6.16 Å². The van der Waals surface area contributed by atoms with Crippen LogP contribution in [-0.4, -0.2) is 61.5 Å². The zero-order valence-corrected chi connectivity index (χ0v) is 22.6. The van der Waals surface area contributed by atoms with Crippen molar-refractivity contribution in [2.45, 2.75) is 12.2 Å². The van der Waals surface area contributed by atoms with Crippen molar-refractivity contribution in [2.75, 3.05) is 38.7 Å². The van der Waals surface area contributed by atoms with Crippen molar-refractivity contribution in [3.63, 3.8) is 0 Å². The van der Waals surface area contributed by atoms with Gasteiger partial charge in [-0.2, -0.15) is 0 Å². The average molecular weight is 592 g/mol. The van der Waals surface area contributed by atoms with Crippen molar-refractivity contribution in [1.29, 1.82) is 0 Å². The minimum absolute atomic E-state index is 0.00988. The number of ether oxygens (including phenoxy) is 4. The van der Waals surface area contributed by atoms with E-state index >= 15 is 4.39 Å². The third-order valence-electron chi connectivity index (χ3n) is 7.82. The summed E-state index contributed by atoms with van der Waals surface area (Å²) < 4.78 is 58.5. The minimum atomic E-state index is -1.05. The molecule has 1 saturated heterocycles. The highest BCUT2D eigenvalue weighted by Crippen LogP contribution is 2.49. The summed E-state index contributed by atoms with van der Waals surface area (Å²) in [5, 5.41) is 1.78. The molecular weight excluding hydrogens is 568 g/mol. The molecule has 2 unspecified atom stereocenters. The highest BCUT2D eigenvalue weighted by Gasteiger charge is 2.47. The summed E-state index contributed by atoms with van der Waals surface area (Å²) in [6.45, 7) is -0.194. The second-order valence-electron chi connectivity index (χ2n) is 9.98. The first-order valence-electron chi connectivity index (χ1n) is 13.3. The van der Waals surface area contributed by atoms with E-state index in [4.69, 9.17) is 18.6 Å². The first-order chi connectivity index (χ1) is 20.9. The van der Waals surface area contributed by atoms with Crippen LogP contribution in [0.2, 0.25) is 0 Å². The van der Waals surface area contributed by atoms with Crippen LogP contribution in [0.25, 0.3) is 22.5 Å². The number of halogens is 2. The highest BCUT2D eigenvalue weighted by molar-refractivity contribution is 5.97. The number of carbonyl (C=O) groups is 2. The van der Waals surface area contributed by atoms with Crippen LogP contribution < -0.4 is 15.2 Å². The van der Waals surface area contributed by atoms with Gasteiger partial charge in [-0.15, -0.1) is 0 Å². The zero-order chi connectivity index (χ0) is 29.8. The Hall–Kier alpha value is -5.17. The maximum absolute atomic E-state index is 15.8. The molecule has 2 aromatic heterocycles. The summed E-state index contributed by atoms with van der Waals surface area (Å²) in [6.07, 6.45) is 1.08. The lowest BCUT2D eigenvalue weighted by Crippen LogP contribution is -2.66. The van der Waals surface area contributed by atoms with E-state index in [9.17, 15) is 18.8 Å². The SMILES string of the molecule is COC(=O)OCOc1c2n(ccc1=O)N(C1c3ccccc3-c3occc3-c3c1ccc(F)c3F)C1COCCN1C2=O. The topological polar surface area (TPSA) is 113 Å². The van der Waals surface area contributed by atoms with Gasteiger partial charge in [0.2, 0.25) is 18.0 Å². The number of methoxy groups -OCH3 is 1. The van der Waals surface area contributed by atoms with Crippen molar-refractivity contribution in [3.8, 4) is 28.2 Å². The number of amides is 1. The van der Waals surface area contributed by atoms with E-state index in [1.54, 1.807) is 11.1 Å². The molecule has 1 aliphatic carbocycles. The number of carbonyl (C=O) groups excluding carboxylic acids is 2. The van der Waals surface area contributed by atoms with Crippen molar-refractivity contribution in [3.05, 3.63) is 99.7 Å². The fraction of sp³-hybridized carbons (Fsp3) is 0.233. The number of aromatic nitrogens is 1. The van der Waals surface area contributed by atoms with Crippen LogP contribution in [0.5, 0.6) is 5.75 Å². The van der Waals surface area contributed by atoms with Crippen molar-refractivity contribution in [1.82, 2.24) is 9.58 Å². The molecule has 0 spiro atoms. The van der Waals surface area contributed by atoms with E-state index in [2.05, 4.69) is 4.74 Å². The minimum Gasteiger partial charge on any atom is -0.464 e. The largest absolute Gasteiger partial charge is 0.510 e. The zero-order valence-electron chi connectivity index (χ0n) is 22.6. The molecule has 2 atom stereocenters. The monoisotopic (exact) mass is 591 g/mol. The molecule has 13 heteroatoms. The van der Waals surface area contributed by atoms with Gasteiger partial charge in [-0.25, -0.2) is 13.6 Å². The number of rotatable bonds is 4. The van der Waals surface area contributed by atoms with Crippen LogP contribution in [-0.2, 0) is 14.2 Å². The van der Waals surface area contributed by atoms with E-state index in [0.717, 1.165) is 13.2 Å². The highest BCUT2D eigenvalue weighted by atomic mass is 19.2. The smallest absolute Gasteiger partial charge is 0.464 e. The average Bonchev–Trinajstić information content (AvgIpc) is 3.47. The Balaban J connectivity index is 1.49. The van der Waals surface area contributed by atoms with Crippen LogP contribution in [0.3, 0.4) is 0 Å². The maximum atomic E-state index is 15.8. The molecule has 4 heterocycles. The van der Waals surface area contributed by atoms with Gasteiger partial charge in [0, 0.05) is 35.5 Å². The predicted octanol–water partition coefficient (Wildman–Crippen LogP) is 4.03. The van der Waals surface area contributed by atoms with Gasteiger partial charge < -0.3 is 28.3 Å². The third-order valence-corrected chi connectivity index (χ3v) is 7.82. The standard InChI is InChI=1S/C30H23F2N3O8/c1-39-30(38)43-15-42-28-21(36)8-10-34-26(28)29(37)33-11-13-40-14-22(33)35(34)25-16-4-2-3-5-17(16)27-19(9-12-41-27)23-18(25)6-7-20(31)24(23)32/h2-10,12,22,25H,11,13-15H2,1H3. The fourth-order valence-corrected chi connectivity index (χ4v) is 6.03. The van der Waals surface area contributed by atoms with E-state index in [0.29, 0.717) is 28.0 Å². The number of hydrogen-bond donors (Lipinski definition) is 0. The molecule has 2 aromatic carbocycles. The second-order valence-corrected chi connectivity index (χ2v) is 9.98. The van der Waals surface area contributed by atoms with Crippen LogP contribution in [0.15, 0.2) is 70.2 Å². The molecule has 3 aliphatic rings. The second kappa shape index (κ2) is 10.3. The Morgan fingerprint density at radius 1 is 1.05 bits per heavy atom. The van der Waals surface area contributed by atoms with Crippen molar-refractivity contribution >= 4 is 12.1 Å². The van der Waals surface area contributed by atoms with E-state index < -0.39 is 48.1 Å². The summed E-state index contributed by atoms with van der Waals surface area (Å²) in [6, 6.07) is 11.8. The number of benzene rings is 2. The van der Waals surface area contributed by atoms with E-state index in [-0.39, 0.29) is 36.8 Å². The van der Waals surface area contributed by atoms with Crippen molar-refractivity contribution in [2.24, 2.45) is 0 Å². The molecule has 0 radical (unpaired) electrons. The Morgan fingerprint density at radius 2 is 1.88 bits per heavy atom. The summed E-state index contributed by atoms with van der Waals surface area (Å²) in [5.41, 5.74) is 1.31. The van der Waals surface area contributed by atoms with Gasteiger partial charge in [0.25, 0.3) is 5.91 Å². The molecule has 11 nitrogen and oxygen atoms in total. The van der Waals surface area contributed by atoms with Gasteiger partial charge in [-0.3, -0.25) is 19.3 Å². The molecule has 0 N–H and O–H groups in total. The molecule has 2 aliphatic heterocycles. The number of nitrogens with zero attached hydrogens (tertiary/aromatic N) is 3. The Morgan fingerprint density at radius 3 is 2.72 bits per heavy atom. The molecule has 4 aromatic rings. The molecular formula is C30H23F2N3O8. The predicted molar refractivity (Wildman–Crippen MR) is 145 cm³/mol. The summed E-state index contributed by atoms with van der Waals surface area (Å²) in [5.74, 6) is -2.60. The Kier molecular flexibility index (Phi) is 6.38. The van der Waals surface area contributed by atoms with Gasteiger partial charge in [0.05, 0.1) is 32.6 Å². The lowest BCUT2D eigenvalue weighted by atomic mass is 9.92. The van der Waals surface area contributed by atoms with Crippen LogP contribution in [0.4, 0.5) is 13.6 Å². The fourth-order valence-electron chi connectivity index (χ4n) is 6.03.